The molecule has 0 N–H and O–H groups in total. The lowest BCUT2D eigenvalue weighted by Gasteiger charge is -2.27. The second kappa shape index (κ2) is 6.78. The Kier molecular flexibility index (Phi) is 4.32. The van der Waals surface area contributed by atoms with Crippen molar-refractivity contribution in [3.63, 3.8) is 0 Å². The number of carbonyl (C=O) groups excluding carboxylic acids is 1. The van der Waals surface area contributed by atoms with Crippen LogP contribution in [0.3, 0.4) is 0 Å². The van der Waals surface area contributed by atoms with Gasteiger partial charge in [0.05, 0.1) is 6.42 Å². The summed E-state index contributed by atoms with van der Waals surface area (Å²) in [6, 6.07) is 11.5. The van der Waals surface area contributed by atoms with Crippen molar-refractivity contribution < 1.29 is 23.7 Å². The van der Waals surface area contributed by atoms with Crippen LogP contribution in [0.1, 0.15) is 25.0 Å². The Hall–Kier alpha value is -2.89. The third kappa shape index (κ3) is 3.27. The molecule has 0 bridgehead atoms. The van der Waals surface area contributed by atoms with Gasteiger partial charge in [-0.05, 0) is 49.2 Å². The maximum Gasteiger partial charge on any atom is 0.231 e. The fourth-order valence-corrected chi connectivity index (χ4v) is 3.12. The molecule has 4 rings (SSSR count). The van der Waals surface area contributed by atoms with E-state index in [0.717, 1.165) is 28.4 Å². The van der Waals surface area contributed by atoms with E-state index in [1.165, 1.54) is 0 Å². The molecule has 2 aromatic carbocycles. The van der Waals surface area contributed by atoms with Crippen molar-refractivity contribution in [2.75, 3.05) is 13.6 Å². The van der Waals surface area contributed by atoms with Gasteiger partial charge in [0.2, 0.25) is 19.5 Å². The van der Waals surface area contributed by atoms with E-state index in [4.69, 9.17) is 18.9 Å². The summed E-state index contributed by atoms with van der Waals surface area (Å²) in [5.41, 5.74) is 1.93. The Morgan fingerprint density at radius 1 is 0.885 bits per heavy atom. The van der Waals surface area contributed by atoms with Crippen molar-refractivity contribution in [2.24, 2.45) is 0 Å². The van der Waals surface area contributed by atoms with Gasteiger partial charge in [0, 0.05) is 12.6 Å². The molecule has 0 unspecified atom stereocenters. The average molecular weight is 355 g/mol. The molecule has 0 atom stereocenters. The van der Waals surface area contributed by atoms with Crippen LogP contribution >= 0.6 is 0 Å². The smallest absolute Gasteiger partial charge is 0.231 e. The topological polar surface area (TPSA) is 57.2 Å². The van der Waals surface area contributed by atoms with E-state index in [1.807, 2.05) is 55.1 Å². The van der Waals surface area contributed by atoms with Gasteiger partial charge in [0.25, 0.3) is 0 Å². The molecule has 136 valence electrons. The molecule has 0 radical (unpaired) electrons. The fourth-order valence-electron chi connectivity index (χ4n) is 3.12. The fraction of sp³-hybridized carbons (Fsp3) is 0.350. The summed E-state index contributed by atoms with van der Waals surface area (Å²) in [6.07, 6.45) is 0.319. The zero-order valence-corrected chi connectivity index (χ0v) is 14.9. The summed E-state index contributed by atoms with van der Waals surface area (Å²) in [7, 11) is 0. The summed E-state index contributed by atoms with van der Waals surface area (Å²) < 4.78 is 21.5. The molecule has 0 spiro atoms. The van der Waals surface area contributed by atoms with Gasteiger partial charge in [-0.3, -0.25) is 4.79 Å². The molecule has 0 saturated heterocycles. The largest absolute Gasteiger partial charge is 0.454 e. The van der Waals surface area contributed by atoms with E-state index in [0.29, 0.717) is 18.7 Å². The van der Waals surface area contributed by atoms with Crippen molar-refractivity contribution in [3.05, 3.63) is 47.5 Å². The zero-order chi connectivity index (χ0) is 18.1. The van der Waals surface area contributed by atoms with Gasteiger partial charge >= 0.3 is 0 Å². The molecule has 6 nitrogen and oxygen atoms in total. The number of fused-ring (bicyclic) bond motifs is 2. The van der Waals surface area contributed by atoms with Crippen molar-refractivity contribution in [1.82, 2.24) is 4.90 Å². The van der Waals surface area contributed by atoms with Gasteiger partial charge in [-0.25, -0.2) is 0 Å². The van der Waals surface area contributed by atoms with E-state index in [2.05, 4.69) is 0 Å². The van der Waals surface area contributed by atoms with Crippen LogP contribution in [-0.2, 0) is 17.8 Å². The molecule has 2 aromatic rings. The van der Waals surface area contributed by atoms with Gasteiger partial charge in [-0.2, -0.15) is 0 Å². The predicted octanol–water partition coefficient (Wildman–Crippen LogP) is 3.12. The number of amides is 1. The third-order valence-corrected chi connectivity index (χ3v) is 4.53. The third-order valence-electron chi connectivity index (χ3n) is 4.53. The molecule has 2 aliphatic heterocycles. The first-order valence-electron chi connectivity index (χ1n) is 8.66. The number of hydrogen-bond acceptors (Lipinski definition) is 5. The maximum absolute atomic E-state index is 12.9. The minimum atomic E-state index is 0.0662. The monoisotopic (exact) mass is 355 g/mol. The lowest BCUT2D eigenvalue weighted by Crippen LogP contribution is -2.37. The first-order valence-corrected chi connectivity index (χ1v) is 8.66. The van der Waals surface area contributed by atoms with E-state index in [9.17, 15) is 4.79 Å². The van der Waals surface area contributed by atoms with Crippen molar-refractivity contribution in [2.45, 2.75) is 32.9 Å². The van der Waals surface area contributed by atoms with Crippen LogP contribution in [0.4, 0.5) is 0 Å². The van der Waals surface area contributed by atoms with E-state index >= 15 is 0 Å². The van der Waals surface area contributed by atoms with E-state index in [-0.39, 0.29) is 25.5 Å². The van der Waals surface area contributed by atoms with Gasteiger partial charge in [0.15, 0.2) is 23.0 Å². The Morgan fingerprint density at radius 3 is 2.04 bits per heavy atom. The quantitative estimate of drug-likeness (QED) is 0.825. The highest BCUT2D eigenvalue weighted by Gasteiger charge is 2.21. The number of carbonyl (C=O) groups is 1. The molecule has 0 aromatic heterocycles. The molecule has 0 saturated carbocycles. The van der Waals surface area contributed by atoms with E-state index in [1.54, 1.807) is 0 Å². The highest BCUT2D eigenvalue weighted by Crippen LogP contribution is 2.34. The summed E-state index contributed by atoms with van der Waals surface area (Å²) >= 11 is 0. The van der Waals surface area contributed by atoms with Crippen LogP contribution < -0.4 is 18.9 Å². The number of hydrogen-bond donors (Lipinski definition) is 0. The zero-order valence-electron chi connectivity index (χ0n) is 14.9. The van der Waals surface area contributed by atoms with Gasteiger partial charge in [-0.15, -0.1) is 0 Å². The van der Waals surface area contributed by atoms with Crippen LogP contribution in [0, 0.1) is 0 Å². The minimum absolute atomic E-state index is 0.0662. The lowest BCUT2D eigenvalue weighted by atomic mass is 10.1. The molecule has 26 heavy (non-hydrogen) atoms. The Balaban J connectivity index is 1.48. The van der Waals surface area contributed by atoms with Crippen molar-refractivity contribution in [3.8, 4) is 23.0 Å². The molecule has 6 heteroatoms. The SMILES string of the molecule is CC(C)N(Cc1ccc2c(c1)OCO2)C(=O)Cc1ccc2c(c1)OCO2. The first-order chi connectivity index (χ1) is 12.6. The molecular formula is C20H21NO5. The molecule has 1 amide bonds. The Morgan fingerprint density at radius 2 is 1.42 bits per heavy atom. The molecular weight excluding hydrogens is 334 g/mol. The Labute approximate surface area is 152 Å². The van der Waals surface area contributed by atoms with Gasteiger partial charge < -0.3 is 23.8 Å². The summed E-state index contributed by atoms with van der Waals surface area (Å²) in [5, 5.41) is 0. The number of benzene rings is 2. The predicted molar refractivity (Wildman–Crippen MR) is 94.5 cm³/mol. The standard InChI is InChI=1S/C20H21NO5/c1-13(2)21(10-15-4-6-17-19(8-15)26-12-24-17)20(22)9-14-3-5-16-18(7-14)25-11-23-16/h3-8,13H,9-12H2,1-2H3. The highest BCUT2D eigenvalue weighted by atomic mass is 16.7. The first kappa shape index (κ1) is 16.6. The normalized spacial score (nSPS) is 14.0. The minimum Gasteiger partial charge on any atom is -0.454 e. The Bertz CT molecular complexity index is 833. The summed E-state index contributed by atoms with van der Waals surface area (Å²) in [4.78, 5) is 14.8. The molecule has 0 aliphatic carbocycles. The average Bonchev–Trinajstić information content (AvgIpc) is 3.27. The van der Waals surface area contributed by atoms with Crippen molar-refractivity contribution in [1.29, 1.82) is 0 Å². The maximum atomic E-state index is 12.9. The number of nitrogens with zero attached hydrogens (tertiary/aromatic N) is 1. The number of rotatable bonds is 5. The van der Waals surface area contributed by atoms with E-state index < -0.39 is 0 Å². The molecule has 0 fully saturated rings. The van der Waals surface area contributed by atoms with Crippen LogP contribution in [0.25, 0.3) is 0 Å². The molecule has 2 heterocycles. The second-order valence-electron chi connectivity index (χ2n) is 6.67. The number of ether oxygens (including phenoxy) is 4. The van der Waals surface area contributed by atoms with Gasteiger partial charge in [0.1, 0.15) is 0 Å². The highest BCUT2D eigenvalue weighted by molar-refractivity contribution is 5.79. The summed E-state index contributed by atoms with van der Waals surface area (Å²) in [6.45, 7) is 5.04. The van der Waals surface area contributed by atoms with Crippen LogP contribution in [0.2, 0.25) is 0 Å². The van der Waals surface area contributed by atoms with Crippen LogP contribution in [0.5, 0.6) is 23.0 Å². The second-order valence-corrected chi connectivity index (χ2v) is 6.67. The van der Waals surface area contributed by atoms with Crippen LogP contribution in [0.15, 0.2) is 36.4 Å². The van der Waals surface area contributed by atoms with Crippen LogP contribution in [-0.4, -0.2) is 30.4 Å². The molecule has 2 aliphatic rings. The van der Waals surface area contributed by atoms with Gasteiger partial charge in [-0.1, -0.05) is 12.1 Å². The summed E-state index contributed by atoms with van der Waals surface area (Å²) in [5.74, 6) is 2.96. The lowest BCUT2D eigenvalue weighted by molar-refractivity contribution is -0.132. The van der Waals surface area contributed by atoms with Crippen molar-refractivity contribution >= 4 is 5.91 Å².